The Labute approximate surface area is 120 Å². The van der Waals surface area contributed by atoms with Gasteiger partial charge in [0.15, 0.2) is 5.84 Å². The van der Waals surface area contributed by atoms with E-state index in [4.69, 9.17) is 15.7 Å². The van der Waals surface area contributed by atoms with Crippen LogP contribution >= 0.6 is 0 Å². The van der Waals surface area contributed by atoms with Crippen molar-refractivity contribution in [3.05, 3.63) is 29.3 Å². The van der Waals surface area contributed by atoms with Gasteiger partial charge in [-0.2, -0.15) is 0 Å². The summed E-state index contributed by atoms with van der Waals surface area (Å²) < 4.78 is 5.27. The number of nitrogens with one attached hydrogen (secondary N) is 1. The van der Waals surface area contributed by atoms with Gasteiger partial charge >= 0.3 is 0 Å². The molecular formula is C15H25N3O2. The van der Waals surface area contributed by atoms with Crippen molar-refractivity contribution in [3.63, 3.8) is 0 Å². The van der Waals surface area contributed by atoms with Crippen LogP contribution < -0.4 is 15.8 Å². The minimum Gasteiger partial charge on any atom is -0.496 e. The quantitative estimate of drug-likeness (QED) is 0.213. The molecule has 5 nitrogen and oxygen atoms in total. The third kappa shape index (κ3) is 5.09. The highest BCUT2D eigenvalue weighted by molar-refractivity contribution is 5.99. The summed E-state index contributed by atoms with van der Waals surface area (Å²) in [5, 5.41) is 15.1. The molecule has 0 bridgehead atoms. The summed E-state index contributed by atoms with van der Waals surface area (Å²) in [4.78, 5) is 0. The van der Waals surface area contributed by atoms with Crippen LogP contribution in [0.3, 0.4) is 0 Å². The summed E-state index contributed by atoms with van der Waals surface area (Å²) in [6.45, 7) is 4.02. The second-order valence-corrected chi connectivity index (χ2v) is 4.76. The van der Waals surface area contributed by atoms with Gasteiger partial charge in [0.1, 0.15) is 5.75 Å². The largest absolute Gasteiger partial charge is 0.496 e. The number of oxime groups is 1. The van der Waals surface area contributed by atoms with Gasteiger partial charge < -0.3 is 21.0 Å². The van der Waals surface area contributed by atoms with Gasteiger partial charge in [0.05, 0.1) is 12.7 Å². The number of unbranched alkanes of at least 4 members (excludes halogenated alkanes) is 3. The van der Waals surface area contributed by atoms with Crippen molar-refractivity contribution in [1.29, 1.82) is 0 Å². The van der Waals surface area contributed by atoms with Gasteiger partial charge in [-0.3, -0.25) is 0 Å². The van der Waals surface area contributed by atoms with Crippen molar-refractivity contribution in [3.8, 4) is 5.75 Å². The smallest absolute Gasteiger partial charge is 0.173 e. The fourth-order valence-electron chi connectivity index (χ4n) is 2.02. The molecule has 0 saturated carbocycles. The summed E-state index contributed by atoms with van der Waals surface area (Å²) in [7, 11) is 1.57. The lowest BCUT2D eigenvalue weighted by molar-refractivity contribution is 0.318. The second-order valence-electron chi connectivity index (χ2n) is 4.76. The molecule has 0 saturated heterocycles. The number of rotatable bonds is 9. The predicted molar refractivity (Wildman–Crippen MR) is 81.4 cm³/mol. The maximum absolute atomic E-state index is 8.72. The molecule has 1 aromatic rings. The van der Waals surface area contributed by atoms with Crippen molar-refractivity contribution in [2.75, 3.05) is 13.7 Å². The van der Waals surface area contributed by atoms with Gasteiger partial charge in [0, 0.05) is 6.54 Å². The summed E-state index contributed by atoms with van der Waals surface area (Å²) in [5.41, 5.74) is 7.31. The summed E-state index contributed by atoms with van der Waals surface area (Å²) in [5.74, 6) is 0.673. The number of methoxy groups -OCH3 is 1. The van der Waals surface area contributed by atoms with Crippen LogP contribution in [0.5, 0.6) is 5.75 Å². The molecule has 0 atom stereocenters. The maximum atomic E-state index is 8.72. The summed E-state index contributed by atoms with van der Waals surface area (Å²) in [6.07, 6.45) is 5.03. The van der Waals surface area contributed by atoms with Gasteiger partial charge in [0.2, 0.25) is 0 Å². The van der Waals surface area contributed by atoms with Gasteiger partial charge in [-0.05, 0) is 30.7 Å². The van der Waals surface area contributed by atoms with E-state index in [1.54, 1.807) is 7.11 Å². The zero-order valence-electron chi connectivity index (χ0n) is 12.4. The predicted octanol–water partition coefficient (Wildman–Crippen LogP) is 2.46. The molecule has 0 amide bonds. The van der Waals surface area contributed by atoms with Crippen molar-refractivity contribution < 1.29 is 9.94 Å². The van der Waals surface area contributed by atoms with E-state index in [2.05, 4.69) is 17.4 Å². The molecule has 0 spiro atoms. The molecule has 0 aliphatic heterocycles. The lowest BCUT2D eigenvalue weighted by Crippen LogP contribution is -2.17. The Morgan fingerprint density at radius 2 is 2.15 bits per heavy atom. The molecule has 0 aromatic heterocycles. The molecule has 20 heavy (non-hydrogen) atoms. The zero-order valence-corrected chi connectivity index (χ0v) is 12.4. The van der Waals surface area contributed by atoms with E-state index in [0.717, 1.165) is 18.7 Å². The molecule has 112 valence electrons. The number of nitrogens with zero attached hydrogens (tertiary/aromatic N) is 1. The topological polar surface area (TPSA) is 79.9 Å². The molecule has 1 aromatic carbocycles. The fraction of sp³-hybridized carbons (Fsp3) is 0.533. The van der Waals surface area contributed by atoms with Crippen molar-refractivity contribution in [2.24, 2.45) is 10.9 Å². The van der Waals surface area contributed by atoms with E-state index < -0.39 is 0 Å². The first kappa shape index (κ1) is 16.3. The fourth-order valence-corrected chi connectivity index (χ4v) is 2.02. The van der Waals surface area contributed by atoms with Crippen LogP contribution in [0.15, 0.2) is 23.4 Å². The highest BCUT2D eigenvalue weighted by Crippen LogP contribution is 2.20. The Hall–Kier alpha value is -1.75. The molecule has 0 heterocycles. The summed E-state index contributed by atoms with van der Waals surface area (Å²) in [6, 6.07) is 5.67. The minimum atomic E-state index is 0.0564. The first-order chi connectivity index (χ1) is 9.72. The van der Waals surface area contributed by atoms with E-state index in [0.29, 0.717) is 11.3 Å². The van der Waals surface area contributed by atoms with E-state index in [1.807, 2.05) is 18.2 Å². The third-order valence-corrected chi connectivity index (χ3v) is 3.19. The molecule has 4 N–H and O–H groups in total. The van der Waals surface area contributed by atoms with Crippen molar-refractivity contribution >= 4 is 5.84 Å². The number of amidine groups is 1. The van der Waals surface area contributed by atoms with Crippen LogP contribution in [-0.2, 0) is 6.54 Å². The third-order valence-electron chi connectivity index (χ3n) is 3.19. The summed E-state index contributed by atoms with van der Waals surface area (Å²) >= 11 is 0. The van der Waals surface area contributed by atoms with E-state index >= 15 is 0 Å². The standard InChI is InChI=1S/C15H25N3O2/c1-3-4-5-6-9-17-11-12-7-8-13(15(16)18-19)14(10-12)20-2/h7-8,10,17,19H,3-6,9,11H2,1-2H3,(H2,16,18). The zero-order chi connectivity index (χ0) is 14.8. The van der Waals surface area contributed by atoms with E-state index in [1.165, 1.54) is 25.7 Å². The van der Waals surface area contributed by atoms with Crippen LogP contribution in [0.2, 0.25) is 0 Å². The Morgan fingerprint density at radius 1 is 1.35 bits per heavy atom. The molecule has 0 fully saturated rings. The van der Waals surface area contributed by atoms with Crippen molar-refractivity contribution in [2.45, 2.75) is 39.2 Å². The first-order valence-electron chi connectivity index (χ1n) is 7.08. The lowest BCUT2D eigenvalue weighted by Gasteiger charge is -2.10. The van der Waals surface area contributed by atoms with Crippen LogP contribution in [0.4, 0.5) is 0 Å². The minimum absolute atomic E-state index is 0.0564. The Kier molecular flexibility index (Phi) is 7.50. The second kappa shape index (κ2) is 9.20. The maximum Gasteiger partial charge on any atom is 0.173 e. The molecule has 0 unspecified atom stereocenters. The lowest BCUT2D eigenvalue weighted by atomic mass is 10.1. The highest BCUT2D eigenvalue weighted by Gasteiger charge is 2.08. The molecule has 0 aliphatic rings. The highest BCUT2D eigenvalue weighted by atomic mass is 16.5. The van der Waals surface area contributed by atoms with Gasteiger partial charge in [-0.1, -0.05) is 37.4 Å². The van der Waals surface area contributed by atoms with Gasteiger partial charge in [0.25, 0.3) is 0 Å². The average molecular weight is 279 g/mol. The van der Waals surface area contributed by atoms with Crippen LogP contribution in [-0.4, -0.2) is 24.7 Å². The number of hydrogen-bond donors (Lipinski definition) is 3. The number of ether oxygens (including phenoxy) is 1. The van der Waals surface area contributed by atoms with Crippen LogP contribution in [0.1, 0.15) is 43.7 Å². The molecule has 0 aliphatic carbocycles. The molecule has 0 radical (unpaired) electrons. The normalized spacial score (nSPS) is 11.6. The monoisotopic (exact) mass is 279 g/mol. The first-order valence-corrected chi connectivity index (χ1v) is 7.08. The Balaban J connectivity index is 2.51. The molecule has 1 rings (SSSR count). The van der Waals surface area contributed by atoms with E-state index in [-0.39, 0.29) is 5.84 Å². The number of nitrogens with two attached hydrogens (primary N) is 1. The molecule has 5 heteroatoms. The molecular weight excluding hydrogens is 254 g/mol. The Bertz CT molecular complexity index is 433. The van der Waals surface area contributed by atoms with Crippen LogP contribution in [0.25, 0.3) is 0 Å². The number of hydrogen-bond acceptors (Lipinski definition) is 4. The SMILES string of the molecule is CCCCCCNCc1ccc(/C(N)=N/O)c(OC)c1. The number of benzene rings is 1. The average Bonchev–Trinajstić information content (AvgIpc) is 2.49. The van der Waals surface area contributed by atoms with E-state index in [9.17, 15) is 0 Å². The Morgan fingerprint density at radius 3 is 2.80 bits per heavy atom. The van der Waals surface area contributed by atoms with Gasteiger partial charge in [-0.25, -0.2) is 0 Å². The van der Waals surface area contributed by atoms with Gasteiger partial charge in [-0.15, -0.1) is 0 Å². The van der Waals surface area contributed by atoms with Crippen LogP contribution in [0, 0.1) is 0 Å². The van der Waals surface area contributed by atoms with Crippen molar-refractivity contribution in [1.82, 2.24) is 5.32 Å².